The number of nitrogens with one attached hydrogen (secondary N) is 1. The molecule has 1 amide bonds. The molecule has 1 aliphatic rings. The van der Waals surface area contributed by atoms with Crippen LogP contribution in [0.5, 0.6) is 0 Å². The number of fused-ring (bicyclic) bond motifs is 1. The molecular formula is C15H15N3O. The van der Waals surface area contributed by atoms with Crippen LogP contribution in [0.3, 0.4) is 0 Å². The van der Waals surface area contributed by atoms with Gasteiger partial charge in [0.2, 0.25) is 0 Å². The fourth-order valence-electron chi connectivity index (χ4n) is 2.50. The first kappa shape index (κ1) is 11.7. The van der Waals surface area contributed by atoms with Gasteiger partial charge in [0.15, 0.2) is 0 Å². The maximum absolute atomic E-state index is 12.1. The quantitative estimate of drug-likeness (QED) is 0.853. The number of carbonyl (C=O) groups is 1. The van der Waals surface area contributed by atoms with Crippen LogP contribution in [0.2, 0.25) is 0 Å². The number of anilines is 1. The molecule has 4 heteroatoms. The van der Waals surface area contributed by atoms with E-state index >= 15 is 0 Å². The fraction of sp³-hybridized carbons (Fsp3) is 0.200. The van der Waals surface area contributed by atoms with E-state index in [9.17, 15) is 4.79 Å². The van der Waals surface area contributed by atoms with Crippen LogP contribution < -0.4 is 11.1 Å². The molecule has 96 valence electrons. The molecule has 1 aliphatic carbocycles. The number of nitrogen functional groups attached to an aromatic ring is 1. The second-order valence-corrected chi connectivity index (χ2v) is 4.80. The molecule has 0 unspecified atom stereocenters. The average Bonchev–Trinajstić information content (AvgIpc) is 2.80. The minimum absolute atomic E-state index is 0.146. The second kappa shape index (κ2) is 4.72. The molecule has 19 heavy (non-hydrogen) atoms. The maximum Gasteiger partial charge on any atom is 0.270 e. The molecule has 2 aromatic rings. The molecule has 1 aromatic carbocycles. The smallest absolute Gasteiger partial charge is 0.270 e. The fourth-order valence-corrected chi connectivity index (χ4v) is 2.50. The van der Waals surface area contributed by atoms with E-state index in [1.165, 1.54) is 11.1 Å². The molecule has 3 N–H and O–H groups in total. The summed E-state index contributed by atoms with van der Waals surface area (Å²) in [6.07, 6.45) is 1.76. The van der Waals surface area contributed by atoms with Crippen LogP contribution in [0.1, 0.15) is 21.6 Å². The molecule has 0 atom stereocenters. The Morgan fingerprint density at radius 3 is 2.42 bits per heavy atom. The van der Waals surface area contributed by atoms with E-state index in [0.717, 1.165) is 12.8 Å². The molecule has 0 spiro atoms. The Kier molecular flexibility index (Phi) is 2.91. The van der Waals surface area contributed by atoms with Crippen LogP contribution in [0, 0.1) is 0 Å². The third-order valence-electron chi connectivity index (χ3n) is 3.39. The molecule has 4 nitrogen and oxygen atoms in total. The van der Waals surface area contributed by atoms with Gasteiger partial charge in [-0.25, -0.2) is 4.98 Å². The molecule has 0 saturated heterocycles. The Bertz CT molecular complexity index is 599. The van der Waals surface area contributed by atoms with Gasteiger partial charge in [0.1, 0.15) is 11.5 Å². The van der Waals surface area contributed by atoms with Crippen LogP contribution >= 0.6 is 0 Å². The number of benzene rings is 1. The molecular weight excluding hydrogens is 238 g/mol. The zero-order chi connectivity index (χ0) is 13.2. The highest BCUT2D eigenvalue weighted by Gasteiger charge is 2.23. The predicted octanol–water partition coefficient (Wildman–Crippen LogP) is 1.56. The number of nitrogens with two attached hydrogens (primary N) is 1. The van der Waals surface area contributed by atoms with Crippen molar-refractivity contribution in [2.24, 2.45) is 0 Å². The van der Waals surface area contributed by atoms with E-state index in [-0.39, 0.29) is 11.9 Å². The van der Waals surface area contributed by atoms with Crippen molar-refractivity contribution in [3.8, 4) is 0 Å². The van der Waals surface area contributed by atoms with Crippen LogP contribution in [-0.2, 0) is 12.8 Å². The predicted molar refractivity (Wildman–Crippen MR) is 73.8 cm³/mol. The first-order chi connectivity index (χ1) is 9.22. The maximum atomic E-state index is 12.1. The summed E-state index contributed by atoms with van der Waals surface area (Å²) in [5.41, 5.74) is 8.58. The summed E-state index contributed by atoms with van der Waals surface area (Å²) >= 11 is 0. The number of carbonyl (C=O) groups excluding carboxylic acids is 1. The lowest BCUT2D eigenvalue weighted by atomic mass is 10.1. The van der Waals surface area contributed by atoms with Crippen molar-refractivity contribution < 1.29 is 4.79 Å². The van der Waals surface area contributed by atoms with Gasteiger partial charge >= 0.3 is 0 Å². The Balaban J connectivity index is 1.69. The van der Waals surface area contributed by atoms with E-state index < -0.39 is 0 Å². The molecule has 0 bridgehead atoms. The standard InChI is InChI=1S/C15H15N3O/c16-14-7-3-6-13(18-14)15(19)17-12-8-10-4-1-2-5-11(10)9-12/h1-7,12H,8-9H2,(H2,16,18)(H,17,19). The topological polar surface area (TPSA) is 68.0 Å². The minimum Gasteiger partial charge on any atom is -0.384 e. The SMILES string of the molecule is Nc1cccc(C(=O)NC2Cc3ccccc3C2)n1. The van der Waals surface area contributed by atoms with Gasteiger partial charge < -0.3 is 11.1 Å². The Morgan fingerprint density at radius 2 is 1.79 bits per heavy atom. The number of hydrogen-bond acceptors (Lipinski definition) is 3. The second-order valence-electron chi connectivity index (χ2n) is 4.80. The summed E-state index contributed by atoms with van der Waals surface area (Å²) in [4.78, 5) is 16.1. The summed E-state index contributed by atoms with van der Waals surface area (Å²) in [5, 5.41) is 3.01. The highest BCUT2D eigenvalue weighted by Crippen LogP contribution is 2.21. The van der Waals surface area contributed by atoms with Gasteiger partial charge in [0.05, 0.1) is 0 Å². The summed E-state index contributed by atoms with van der Waals surface area (Å²) in [5.74, 6) is 0.201. The summed E-state index contributed by atoms with van der Waals surface area (Å²) in [6, 6.07) is 13.5. The van der Waals surface area contributed by atoms with Crippen molar-refractivity contribution >= 4 is 11.7 Å². The first-order valence-electron chi connectivity index (χ1n) is 6.32. The van der Waals surface area contributed by atoms with Gasteiger partial charge in [0.25, 0.3) is 5.91 Å². The van der Waals surface area contributed by atoms with Crippen molar-refractivity contribution in [1.82, 2.24) is 10.3 Å². The Morgan fingerprint density at radius 1 is 1.11 bits per heavy atom. The van der Waals surface area contributed by atoms with Gasteiger partial charge in [0, 0.05) is 6.04 Å². The van der Waals surface area contributed by atoms with Crippen molar-refractivity contribution in [1.29, 1.82) is 0 Å². The Hall–Kier alpha value is -2.36. The third kappa shape index (κ3) is 2.42. The minimum atomic E-state index is -0.162. The number of pyridine rings is 1. The van der Waals surface area contributed by atoms with Crippen LogP contribution in [-0.4, -0.2) is 16.9 Å². The zero-order valence-electron chi connectivity index (χ0n) is 10.5. The van der Waals surface area contributed by atoms with Gasteiger partial charge in [-0.3, -0.25) is 4.79 Å². The highest BCUT2D eigenvalue weighted by molar-refractivity contribution is 5.92. The molecule has 0 saturated carbocycles. The zero-order valence-corrected chi connectivity index (χ0v) is 10.5. The van der Waals surface area contributed by atoms with Gasteiger partial charge in [-0.15, -0.1) is 0 Å². The van der Waals surface area contributed by atoms with E-state index in [1.54, 1.807) is 18.2 Å². The number of hydrogen-bond donors (Lipinski definition) is 2. The summed E-state index contributed by atoms with van der Waals surface area (Å²) < 4.78 is 0. The van der Waals surface area contributed by atoms with Gasteiger partial charge in [-0.05, 0) is 36.1 Å². The van der Waals surface area contributed by atoms with Gasteiger partial charge in [-0.2, -0.15) is 0 Å². The number of aromatic nitrogens is 1. The van der Waals surface area contributed by atoms with Gasteiger partial charge in [-0.1, -0.05) is 30.3 Å². The number of nitrogens with zero attached hydrogens (tertiary/aromatic N) is 1. The summed E-state index contributed by atoms with van der Waals surface area (Å²) in [7, 11) is 0. The lowest BCUT2D eigenvalue weighted by Gasteiger charge is -2.11. The third-order valence-corrected chi connectivity index (χ3v) is 3.39. The lowest BCUT2D eigenvalue weighted by Crippen LogP contribution is -2.35. The number of rotatable bonds is 2. The average molecular weight is 253 g/mol. The molecule has 1 heterocycles. The molecule has 0 aliphatic heterocycles. The normalized spacial score (nSPS) is 14.1. The molecule has 3 rings (SSSR count). The van der Waals surface area contributed by atoms with Crippen molar-refractivity contribution in [3.63, 3.8) is 0 Å². The van der Waals surface area contributed by atoms with E-state index in [4.69, 9.17) is 5.73 Å². The van der Waals surface area contributed by atoms with Crippen molar-refractivity contribution in [3.05, 3.63) is 59.3 Å². The monoisotopic (exact) mass is 253 g/mol. The largest absolute Gasteiger partial charge is 0.384 e. The van der Waals surface area contributed by atoms with Crippen molar-refractivity contribution in [2.75, 3.05) is 5.73 Å². The van der Waals surface area contributed by atoms with Crippen LogP contribution in [0.25, 0.3) is 0 Å². The first-order valence-corrected chi connectivity index (χ1v) is 6.32. The Labute approximate surface area is 111 Å². The highest BCUT2D eigenvalue weighted by atomic mass is 16.1. The van der Waals surface area contributed by atoms with Crippen LogP contribution in [0.15, 0.2) is 42.5 Å². The molecule has 0 fully saturated rings. The molecule has 0 radical (unpaired) electrons. The van der Waals surface area contributed by atoms with E-state index in [1.807, 2.05) is 12.1 Å². The number of amides is 1. The van der Waals surface area contributed by atoms with Crippen molar-refractivity contribution in [2.45, 2.75) is 18.9 Å². The summed E-state index contributed by atoms with van der Waals surface area (Å²) in [6.45, 7) is 0. The van der Waals surface area contributed by atoms with Crippen LogP contribution in [0.4, 0.5) is 5.82 Å². The lowest BCUT2D eigenvalue weighted by molar-refractivity contribution is 0.0933. The molecule has 1 aromatic heterocycles. The van der Waals surface area contributed by atoms with E-state index in [0.29, 0.717) is 11.5 Å². The van der Waals surface area contributed by atoms with E-state index in [2.05, 4.69) is 22.4 Å².